The van der Waals surface area contributed by atoms with E-state index in [0.29, 0.717) is 27.9 Å². The molecule has 0 saturated heterocycles. The fraction of sp³-hybridized carbons (Fsp3) is 0.154. The summed E-state index contributed by atoms with van der Waals surface area (Å²) in [5.41, 5.74) is 4.97. The van der Waals surface area contributed by atoms with Gasteiger partial charge in [-0.3, -0.25) is 9.71 Å². The number of benzene rings is 3. The highest BCUT2D eigenvalue weighted by atomic mass is 32.2. The molecule has 6 nitrogen and oxygen atoms in total. The third-order valence-electron chi connectivity index (χ3n) is 5.99. The Labute approximate surface area is 193 Å². The van der Waals surface area contributed by atoms with E-state index < -0.39 is 16.0 Å². The molecule has 0 atom stereocenters. The van der Waals surface area contributed by atoms with Gasteiger partial charge in [-0.15, -0.1) is 0 Å². The van der Waals surface area contributed by atoms with E-state index in [1.807, 2.05) is 64.1 Å². The molecule has 168 valence electrons. The summed E-state index contributed by atoms with van der Waals surface area (Å²) in [7, 11) is -3.89. The first-order chi connectivity index (χ1) is 15.6. The van der Waals surface area contributed by atoms with Crippen LogP contribution >= 0.6 is 0 Å². The summed E-state index contributed by atoms with van der Waals surface area (Å²) < 4.78 is 30.0. The number of aromatic nitrogens is 1. The van der Waals surface area contributed by atoms with Gasteiger partial charge in [0.25, 0.3) is 10.0 Å². The van der Waals surface area contributed by atoms with E-state index in [1.165, 1.54) is 12.3 Å². The number of carbonyl (C=O) groups is 1. The summed E-state index contributed by atoms with van der Waals surface area (Å²) >= 11 is 0. The van der Waals surface area contributed by atoms with Gasteiger partial charge in [0.05, 0.1) is 16.1 Å². The zero-order valence-corrected chi connectivity index (χ0v) is 19.6. The summed E-state index contributed by atoms with van der Waals surface area (Å²) in [5.74, 6) is -1.08. The number of nitrogens with one attached hydrogen (secondary N) is 1. The van der Waals surface area contributed by atoms with Gasteiger partial charge in [-0.25, -0.2) is 13.2 Å². The molecule has 0 amide bonds. The predicted octanol–water partition coefficient (Wildman–Crippen LogP) is 5.63. The standard InChI is InChI=1S/C26H24N2O4S/c1-15-9-16(2)18(4)25(17(15)3)33(31,32)28-24-12-20(10-19-7-5-6-8-23(19)24)21-11-22(26(29)30)14-27-13-21/h5-14,28H,1-4H3,(H,29,30). The Kier molecular flexibility index (Phi) is 5.68. The third-order valence-corrected chi connectivity index (χ3v) is 7.63. The van der Waals surface area contributed by atoms with Gasteiger partial charge < -0.3 is 5.11 Å². The SMILES string of the molecule is Cc1cc(C)c(C)c(S(=O)(=O)Nc2cc(-c3cncc(C(=O)O)c3)cc3ccccc23)c1C. The first-order valence-corrected chi connectivity index (χ1v) is 11.9. The Hall–Kier alpha value is -3.71. The van der Waals surface area contributed by atoms with Crippen molar-refractivity contribution in [2.24, 2.45) is 0 Å². The van der Waals surface area contributed by atoms with E-state index in [9.17, 15) is 18.3 Å². The molecule has 4 aromatic rings. The minimum Gasteiger partial charge on any atom is -0.478 e. The molecule has 7 heteroatoms. The second kappa shape index (κ2) is 8.33. The van der Waals surface area contributed by atoms with Crippen LogP contribution in [0.15, 0.2) is 65.8 Å². The van der Waals surface area contributed by atoms with Gasteiger partial charge >= 0.3 is 5.97 Å². The molecule has 0 spiro atoms. The molecule has 0 aliphatic carbocycles. The van der Waals surface area contributed by atoms with Gasteiger partial charge in [0.1, 0.15) is 0 Å². The summed E-state index contributed by atoms with van der Waals surface area (Å²) in [6.07, 6.45) is 2.84. The lowest BCUT2D eigenvalue weighted by Gasteiger charge is -2.18. The highest BCUT2D eigenvalue weighted by Crippen LogP contribution is 2.34. The number of pyridine rings is 1. The average Bonchev–Trinajstić information content (AvgIpc) is 2.77. The predicted molar refractivity (Wildman–Crippen MR) is 130 cm³/mol. The molecule has 4 rings (SSSR count). The Morgan fingerprint density at radius 2 is 1.55 bits per heavy atom. The number of hydrogen-bond donors (Lipinski definition) is 2. The van der Waals surface area contributed by atoms with Crippen molar-refractivity contribution < 1.29 is 18.3 Å². The number of fused-ring (bicyclic) bond motifs is 1. The summed E-state index contributed by atoms with van der Waals surface area (Å²) in [6.45, 7) is 7.43. The van der Waals surface area contributed by atoms with Crippen molar-refractivity contribution in [2.75, 3.05) is 4.72 Å². The summed E-state index contributed by atoms with van der Waals surface area (Å²) in [5, 5.41) is 10.9. The van der Waals surface area contributed by atoms with Crippen LogP contribution < -0.4 is 4.72 Å². The zero-order chi connectivity index (χ0) is 23.9. The Balaban J connectivity index is 1.90. The van der Waals surface area contributed by atoms with Crippen molar-refractivity contribution >= 4 is 32.5 Å². The Morgan fingerprint density at radius 1 is 0.879 bits per heavy atom. The number of rotatable bonds is 5. The van der Waals surface area contributed by atoms with Crippen LogP contribution in [-0.4, -0.2) is 24.5 Å². The number of hydrogen-bond acceptors (Lipinski definition) is 4. The smallest absolute Gasteiger partial charge is 0.337 e. The molecule has 0 unspecified atom stereocenters. The van der Waals surface area contributed by atoms with Crippen LogP contribution in [0.5, 0.6) is 0 Å². The van der Waals surface area contributed by atoms with Crippen molar-refractivity contribution in [2.45, 2.75) is 32.6 Å². The van der Waals surface area contributed by atoms with Crippen LogP contribution in [0.3, 0.4) is 0 Å². The normalized spacial score (nSPS) is 11.5. The fourth-order valence-corrected chi connectivity index (χ4v) is 5.74. The first kappa shape index (κ1) is 22.5. The lowest BCUT2D eigenvalue weighted by molar-refractivity contribution is 0.0696. The molecule has 1 aromatic heterocycles. The molecular formula is C26H24N2O4S. The van der Waals surface area contributed by atoms with Gasteiger partial charge in [-0.05, 0) is 79.1 Å². The van der Waals surface area contributed by atoms with E-state index in [-0.39, 0.29) is 10.5 Å². The van der Waals surface area contributed by atoms with E-state index in [4.69, 9.17) is 0 Å². The topological polar surface area (TPSA) is 96.4 Å². The van der Waals surface area contributed by atoms with E-state index in [2.05, 4.69) is 9.71 Å². The first-order valence-electron chi connectivity index (χ1n) is 10.4. The third kappa shape index (κ3) is 4.19. The minimum atomic E-state index is -3.89. The van der Waals surface area contributed by atoms with Gasteiger partial charge in [0.2, 0.25) is 0 Å². The lowest BCUT2D eigenvalue weighted by atomic mass is 10.00. The second-order valence-corrected chi connectivity index (χ2v) is 9.83. The highest BCUT2D eigenvalue weighted by molar-refractivity contribution is 7.92. The van der Waals surface area contributed by atoms with Gasteiger partial charge in [0, 0.05) is 23.3 Å². The van der Waals surface area contributed by atoms with Gasteiger partial charge in [0.15, 0.2) is 0 Å². The Morgan fingerprint density at radius 3 is 2.21 bits per heavy atom. The molecule has 0 bridgehead atoms. The Bertz CT molecular complexity index is 1500. The van der Waals surface area contributed by atoms with E-state index >= 15 is 0 Å². The van der Waals surface area contributed by atoms with E-state index in [1.54, 1.807) is 12.3 Å². The molecule has 0 fully saturated rings. The van der Waals surface area contributed by atoms with Crippen LogP contribution in [0.25, 0.3) is 21.9 Å². The molecule has 1 heterocycles. The fourth-order valence-electron chi connectivity index (χ4n) is 4.06. The van der Waals surface area contributed by atoms with Crippen LogP contribution in [0, 0.1) is 27.7 Å². The number of carboxylic acid groups (broad SMARTS) is 1. The van der Waals surface area contributed by atoms with Crippen molar-refractivity contribution in [1.29, 1.82) is 0 Å². The van der Waals surface area contributed by atoms with Crippen molar-refractivity contribution in [3.63, 3.8) is 0 Å². The molecule has 0 radical (unpaired) electrons. The monoisotopic (exact) mass is 460 g/mol. The maximum absolute atomic E-state index is 13.6. The largest absolute Gasteiger partial charge is 0.478 e. The molecule has 3 aromatic carbocycles. The minimum absolute atomic E-state index is 0.0595. The number of aryl methyl sites for hydroxylation is 2. The molecule has 0 aliphatic heterocycles. The van der Waals surface area contributed by atoms with Crippen LogP contribution in [0.1, 0.15) is 32.6 Å². The lowest BCUT2D eigenvalue weighted by Crippen LogP contribution is -2.17. The molecule has 2 N–H and O–H groups in total. The second-order valence-electron chi connectivity index (χ2n) is 8.21. The van der Waals surface area contributed by atoms with Gasteiger partial charge in [-0.1, -0.05) is 30.3 Å². The maximum atomic E-state index is 13.6. The molecule has 0 saturated carbocycles. The summed E-state index contributed by atoms with van der Waals surface area (Å²) in [4.78, 5) is 15.7. The molecule has 33 heavy (non-hydrogen) atoms. The van der Waals surface area contributed by atoms with Crippen LogP contribution in [-0.2, 0) is 10.0 Å². The number of anilines is 1. The number of carboxylic acids is 1. The maximum Gasteiger partial charge on any atom is 0.337 e. The van der Waals surface area contributed by atoms with Crippen LogP contribution in [0.2, 0.25) is 0 Å². The van der Waals surface area contributed by atoms with Gasteiger partial charge in [-0.2, -0.15) is 0 Å². The molecular weight excluding hydrogens is 436 g/mol. The number of sulfonamides is 1. The van der Waals surface area contributed by atoms with E-state index in [0.717, 1.165) is 21.9 Å². The number of aromatic carboxylic acids is 1. The quantitative estimate of drug-likeness (QED) is 0.402. The zero-order valence-electron chi connectivity index (χ0n) is 18.8. The number of nitrogens with zero attached hydrogens (tertiary/aromatic N) is 1. The average molecular weight is 461 g/mol. The van der Waals surface area contributed by atoms with Crippen molar-refractivity contribution in [3.8, 4) is 11.1 Å². The van der Waals surface area contributed by atoms with Crippen molar-refractivity contribution in [3.05, 3.63) is 88.7 Å². The van der Waals surface area contributed by atoms with Crippen molar-refractivity contribution in [1.82, 2.24) is 4.98 Å². The molecule has 0 aliphatic rings. The summed E-state index contributed by atoms with van der Waals surface area (Å²) in [6, 6.07) is 14.6. The highest BCUT2D eigenvalue weighted by Gasteiger charge is 2.23. The van der Waals surface area contributed by atoms with Crippen LogP contribution in [0.4, 0.5) is 5.69 Å².